The molecule has 0 fully saturated rings. The molecule has 2 aromatic rings. The molecule has 21 heavy (non-hydrogen) atoms. The molecule has 2 rings (SSSR count). The summed E-state index contributed by atoms with van der Waals surface area (Å²) in [6, 6.07) is 6.27. The lowest BCUT2D eigenvalue weighted by Gasteiger charge is -2.19. The highest BCUT2D eigenvalue weighted by Crippen LogP contribution is 2.24. The lowest BCUT2D eigenvalue weighted by Crippen LogP contribution is -2.18. The number of benzene rings is 1. The highest BCUT2D eigenvalue weighted by atomic mass is 32.2. The van der Waals surface area contributed by atoms with E-state index in [9.17, 15) is 13.7 Å². The standard InChI is InChI=1S/C13H14N4O2S2/c1-9-8-20-13(16-9)7-17(2)12-4-3-11(21(15,18)19)5-10(12)6-14/h3-5,8H,7H2,1-2H3,(H2,15,18,19). The van der Waals surface area contributed by atoms with Gasteiger partial charge in [-0.15, -0.1) is 11.3 Å². The first-order valence-corrected chi connectivity index (χ1v) is 8.43. The van der Waals surface area contributed by atoms with Gasteiger partial charge >= 0.3 is 0 Å². The highest BCUT2D eigenvalue weighted by Gasteiger charge is 2.14. The summed E-state index contributed by atoms with van der Waals surface area (Å²) in [7, 11) is -1.99. The van der Waals surface area contributed by atoms with E-state index < -0.39 is 10.0 Å². The number of thiazole rings is 1. The summed E-state index contributed by atoms with van der Waals surface area (Å²) in [4.78, 5) is 6.15. The van der Waals surface area contributed by atoms with Crippen molar-refractivity contribution in [3.8, 4) is 6.07 Å². The maximum Gasteiger partial charge on any atom is 0.238 e. The number of anilines is 1. The molecule has 0 saturated carbocycles. The molecule has 0 atom stereocenters. The van der Waals surface area contributed by atoms with Crippen molar-refractivity contribution in [3.05, 3.63) is 39.8 Å². The summed E-state index contributed by atoms with van der Waals surface area (Å²) in [6.07, 6.45) is 0. The molecule has 6 nitrogen and oxygen atoms in total. The van der Waals surface area contributed by atoms with Gasteiger partial charge in [0.05, 0.1) is 22.7 Å². The van der Waals surface area contributed by atoms with Gasteiger partial charge in [0.1, 0.15) is 11.1 Å². The van der Waals surface area contributed by atoms with Gasteiger partial charge in [0, 0.05) is 18.1 Å². The molecular formula is C13H14N4O2S2. The summed E-state index contributed by atoms with van der Waals surface area (Å²) in [6.45, 7) is 2.46. The SMILES string of the molecule is Cc1csc(CN(C)c2ccc(S(N)(=O)=O)cc2C#N)n1. The zero-order valence-corrected chi connectivity index (χ0v) is 13.2. The van der Waals surface area contributed by atoms with Crippen molar-refractivity contribution in [2.24, 2.45) is 5.14 Å². The van der Waals surface area contributed by atoms with Crippen molar-refractivity contribution < 1.29 is 8.42 Å². The number of hydrogen-bond donors (Lipinski definition) is 1. The van der Waals surface area contributed by atoms with Crippen molar-refractivity contribution in [2.75, 3.05) is 11.9 Å². The van der Waals surface area contributed by atoms with Crippen LogP contribution in [0.1, 0.15) is 16.3 Å². The second kappa shape index (κ2) is 5.81. The number of hydrogen-bond acceptors (Lipinski definition) is 6. The quantitative estimate of drug-likeness (QED) is 0.921. The number of rotatable bonds is 4. The Labute approximate surface area is 127 Å². The van der Waals surface area contributed by atoms with E-state index in [2.05, 4.69) is 4.98 Å². The first-order chi connectivity index (χ1) is 9.81. The number of nitrogens with zero attached hydrogens (tertiary/aromatic N) is 3. The third-order valence-corrected chi connectivity index (χ3v) is 4.73. The fourth-order valence-corrected chi connectivity index (χ4v) is 3.24. The lowest BCUT2D eigenvalue weighted by atomic mass is 10.2. The van der Waals surface area contributed by atoms with Crippen molar-refractivity contribution in [1.82, 2.24) is 4.98 Å². The van der Waals surface area contributed by atoms with E-state index in [1.807, 2.05) is 30.3 Å². The fraction of sp³-hybridized carbons (Fsp3) is 0.231. The Balaban J connectivity index is 2.33. The number of aromatic nitrogens is 1. The molecule has 1 aromatic carbocycles. The van der Waals surface area contributed by atoms with Crippen LogP contribution in [-0.4, -0.2) is 20.4 Å². The molecule has 1 aromatic heterocycles. The summed E-state index contributed by atoms with van der Waals surface area (Å²) >= 11 is 1.54. The van der Waals surface area contributed by atoms with Gasteiger partial charge in [0.25, 0.3) is 0 Å². The molecule has 110 valence electrons. The Hall–Kier alpha value is -1.95. The Kier molecular flexibility index (Phi) is 4.27. The smallest absolute Gasteiger partial charge is 0.238 e. The number of primary sulfonamides is 1. The van der Waals surface area contributed by atoms with Crippen LogP contribution in [0.15, 0.2) is 28.5 Å². The first kappa shape index (κ1) is 15.4. The number of nitriles is 1. The summed E-state index contributed by atoms with van der Waals surface area (Å²) < 4.78 is 22.6. The number of sulfonamides is 1. The van der Waals surface area contributed by atoms with Crippen LogP contribution in [0.3, 0.4) is 0 Å². The Morgan fingerprint density at radius 2 is 2.19 bits per heavy atom. The van der Waals surface area contributed by atoms with Crippen LogP contribution in [0.25, 0.3) is 0 Å². The Morgan fingerprint density at radius 3 is 2.71 bits per heavy atom. The first-order valence-electron chi connectivity index (χ1n) is 6.00. The average molecular weight is 322 g/mol. The van der Waals surface area contributed by atoms with Gasteiger partial charge in [-0.05, 0) is 25.1 Å². The van der Waals surface area contributed by atoms with Gasteiger partial charge < -0.3 is 4.90 Å². The van der Waals surface area contributed by atoms with Crippen molar-refractivity contribution >= 4 is 27.0 Å². The van der Waals surface area contributed by atoms with E-state index >= 15 is 0 Å². The van der Waals surface area contributed by atoms with Crippen LogP contribution in [-0.2, 0) is 16.6 Å². The molecule has 0 aliphatic carbocycles. The van der Waals surface area contributed by atoms with Gasteiger partial charge in [0.15, 0.2) is 0 Å². The molecule has 0 spiro atoms. The fourth-order valence-electron chi connectivity index (χ4n) is 1.88. The van der Waals surface area contributed by atoms with Crippen LogP contribution in [0, 0.1) is 18.3 Å². The zero-order valence-electron chi connectivity index (χ0n) is 11.6. The molecule has 0 bridgehead atoms. The Morgan fingerprint density at radius 1 is 1.48 bits per heavy atom. The average Bonchev–Trinajstić information content (AvgIpc) is 2.82. The van der Waals surface area contributed by atoms with Crippen LogP contribution < -0.4 is 10.0 Å². The minimum Gasteiger partial charge on any atom is -0.367 e. The summed E-state index contributed by atoms with van der Waals surface area (Å²) in [5.74, 6) is 0. The molecule has 0 saturated heterocycles. The summed E-state index contributed by atoms with van der Waals surface area (Å²) in [5, 5.41) is 17.2. The molecule has 0 unspecified atom stereocenters. The zero-order chi connectivity index (χ0) is 15.6. The molecule has 0 amide bonds. The van der Waals surface area contributed by atoms with E-state index in [1.54, 1.807) is 17.4 Å². The van der Waals surface area contributed by atoms with Crippen LogP contribution >= 0.6 is 11.3 Å². The van der Waals surface area contributed by atoms with Crippen LogP contribution in [0.5, 0.6) is 0 Å². The van der Waals surface area contributed by atoms with E-state index in [1.165, 1.54) is 12.1 Å². The Bertz CT molecular complexity index is 806. The second-order valence-corrected chi connectivity index (χ2v) is 7.08. The third-order valence-electron chi connectivity index (χ3n) is 2.87. The minimum atomic E-state index is -3.81. The third kappa shape index (κ3) is 3.58. The van der Waals surface area contributed by atoms with Gasteiger partial charge in [-0.1, -0.05) is 0 Å². The topological polar surface area (TPSA) is 100 Å². The van der Waals surface area contributed by atoms with Crippen molar-refractivity contribution in [1.29, 1.82) is 5.26 Å². The molecule has 1 heterocycles. The predicted molar refractivity (Wildman–Crippen MR) is 81.5 cm³/mol. The monoisotopic (exact) mass is 322 g/mol. The maximum absolute atomic E-state index is 11.3. The van der Waals surface area contributed by atoms with Crippen LogP contribution in [0.2, 0.25) is 0 Å². The normalized spacial score (nSPS) is 11.1. The molecular weight excluding hydrogens is 308 g/mol. The maximum atomic E-state index is 11.3. The van der Waals surface area contributed by atoms with E-state index in [4.69, 9.17) is 5.14 Å². The molecule has 0 aliphatic rings. The van der Waals surface area contributed by atoms with Gasteiger partial charge in [-0.2, -0.15) is 5.26 Å². The van der Waals surface area contributed by atoms with Gasteiger partial charge in [-0.25, -0.2) is 18.5 Å². The number of nitrogens with two attached hydrogens (primary N) is 1. The van der Waals surface area contributed by atoms with E-state index in [-0.39, 0.29) is 10.5 Å². The summed E-state index contributed by atoms with van der Waals surface area (Å²) in [5.41, 5.74) is 1.85. The molecule has 0 aliphatic heterocycles. The van der Waals surface area contributed by atoms with Crippen LogP contribution in [0.4, 0.5) is 5.69 Å². The van der Waals surface area contributed by atoms with Gasteiger partial charge in [-0.3, -0.25) is 0 Å². The van der Waals surface area contributed by atoms with E-state index in [0.29, 0.717) is 12.2 Å². The van der Waals surface area contributed by atoms with Crippen molar-refractivity contribution in [3.63, 3.8) is 0 Å². The van der Waals surface area contributed by atoms with E-state index in [0.717, 1.165) is 10.7 Å². The molecule has 0 radical (unpaired) electrons. The highest BCUT2D eigenvalue weighted by molar-refractivity contribution is 7.89. The van der Waals surface area contributed by atoms with Gasteiger partial charge in [0.2, 0.25) is 10.0 Å². The largest absolute Gasteiger partial charge is 0.367 e. The van der Waals surface area contributed by atoms with Crippen molar-refractivity contribution in [2.45, 2.75) is 18.4 Å². The molecule has 8 heteroatoms. The molecule has 2 N–H and O–H groups in total. The lowest BCUT2D eigenvalue weighted by molar-refractivity contribution is 0.598. The second-order valence-electron chi connectivity index (χ2n) is 4.57. The minimum absolute atomic E-state index is 0.0682. The predicted octanol–water partition coefficient (Wildman–Crippen LogP) is 1.61. The number of aryl methyl sites for hydroxylation is 1.